The van der Waals surface area contributed by atoms with Crippen LogP contribution in [0.4, 0.5) is 0 Å². The van der Waals surface area contributed by atoms with Gasteiger partial charge in [-0.15, -0.1) is 0 Å². The predicted octanol–water partition coefficient (Wildman–Crippen LogP) is 3.36. The molecule has 0 spiro atoms. The molecule has 4 rings (SSSR count). The lowest BCUT2D eigenvalue weighted by atomic mass is 9.95. The molecule has 3 unspecified atom stereocenters. The monoisotopic (exact) mass is 391 g/mol. The molecular formula is C19H26BrN3O. The molecule has 2 N–H and O–H groups in total. The molecule has 0 amide bonds. The second-order valence-electron chi connectivity index (χ2n) is 7.32. The Balaban J connectivity index is 1.45. The van der Waals surface area contributed by atoms with Crippen molar-refractivity contribution in [1.29, 1.82) is 0 Å². The number of guanidine groups is 1. The normalized spacial score (nSPS) is 30.4. The molecule has 0 aromatic heterocycles. The van der Waals surface area contributed by atoms with Gasteiger partial charge >= 0.3 is 0 Å². The van der Waals surface area contributed by atoms with Gasteiger partial charge < -0.3 is 15.4 Å². The van der Waals surface area contributed by atoms with E-state index in [4.69, 9.17) is 9.73 Å². The number of benzene rings is 1. The summed E-state index contributed by atoms with van der Waals surface area (Å²) >= 11 is 3.71. The van der Waals surface area contributed by atoms with Crippen molar-refractivity contribution in [2.75, 3.05) is 13.1 Å². The summed E-state index contributed by atoms with van der Waals surface area (Å²) in [7, 11) is 0. The maximum Gasteiger partial charge on any atom is 0.191 e. The summed E-state index contributed by atoms with van der Waals surface area (Å²) in [5, 5.41) is 7.02. The maximum atomic E-state index is 5.96. The first-order valence-corrected chi connectivity index (χ1v) is 9.95. The number of hydrogen-bond acceptors (Lipinski definition) is 2. The van der Waals surface area contributed by atoms with Gasteiger partial charge in [0, 0.05) is 16.4 Å². The third-order valence-electron chi connectivity index (χ3n) is 5.61. The van der Waals surface area contributed by atoms with E-state index in [9.17, 15) is 0 Å². The zero-order chi connectivity index (χ0) is 16.6. The standard InChI is InChI=1S/C19H26BrN3O/c1-2-21-18(23-16-11-13-7-8-17(16)24-13)22-12-19(9-10-19)14-5-3-4-6-15(14)20/h3-6,13,16-17H,2,7-12H2,1H3,(H2,21,22,23). The summed E-state index contributed by atoms with van der Waals surface area (Å²) in [6.45, 7) is 3.84. The van der Waals surface area contributed by atoms with Crippen molar-refractivity contribution in [3.05, 3.63) is 34.3 Å². The van der Waals surface area contributed by atoms with E-state index in [-0.39, 0.29) is 5.41 Å². The average Bonchev–Trinajstić information content (AvgIpc) is 3.07. The van der Waals surface area contributed by atoms with Crippen LogP contribution in [0, 0.1) is 0 Å². The lowest BCUT2D eigenvalue weighted by Gasteiger charge is -2.23. The number of ether oxygens (including phenoxy) is 1. The van der Waals surface area contributed by atoms with E-state index in [1.807, 2.05) is 0 Å². The highest BCUT2D eigenvalue weighted by Gasteiger charge is 2.45. The summed E-state index contributed by atoms with van der Waals surface area (Å²) in [6, 6.07) is 8.99. The minimum atomic E-state index is 0.216. The molecule has 24 heavy (non-hydrogen) atoms. The summed E-state index contributed by atoms with van der Waals surface area (Å²) in [5.74, 6) is 0.942. The van der Waals surface area contributed by atoms with Crippen LogP contribution in [-0.4, -0.2) is 37.3 Å². The molecule has 3 aliphatic rings. The van der Waals surface area contributed by atoms with E-state index < -0.39 is 0 Å². The van der Waals surface area contributed by atoms with Crippen LogP contribution in [-0.2, 0) is 10.2 Å². The summed E-state index contributed by atoms with van der Waals surface area (Å²) < 4.78 is 7.16. The third kappa shape index (κ3) is 3.21. The van der Waals surface area contributed by atoms with Gasteiger partial charge in [0.05, 0.1) is 24.8 Å². The van der Waals surface area contributed by atoms with Gasteiger partial charge in [-0.05, 0) is 50.7 Å². The molecular weight excluding hydrogens is 366 g/mol. The third-order valence-corrected chi connectivity index (χ3v) is 6.30. The van der Waals surface area contributed by atoms with Crippen LogP contribution in [0.25, 0.3) is 0 Å². The Morgan fingerprint density at radius 1 is 1.33 bits per heavy atom. The van der Waals surface area contributed by atoms with Crippen LogP contribution < -0.4 is 10.6 Å². The zero-order valence-electron chi connectivity index (χ0n) is 14.2. The summed E-state index contributed by atoms with van der Waals surface area (Å²) in [4.78, 5) is 4.93. The van der Waals surface area contributed by atoms with E-state index >= 15 is 0 Å². The number of rotatable bonds is 5. The average molecular weight is 392 g/mol. The number of halogens is 1. The molecule has 1 aliphatic carbocycles. The van der Waals surface area contributed by atoms with E-state index in [1.165, 1.54) is 35.7 Å². The van der Waals surface area contributed by atoms with Gasteiger partial charge in [-0.1, -0.05) is 34.1 Å². The van der Waals surface area contributed by atoms with Crippen LogP contribution in [0.2, 0.25) is 0 Å². The van der Waals surface area contributed by atoms with Gasteiger partial charge in [0.15, 0.2) is 5.96 Å². The quantitative estimate of drug-likeness (QED) is 0.597. The molecule has 3 atom stereocenters. The number of aliphatic imine (C=N–C) groups is 1. The minimum Gasteiger partial charge on any atom is -0.373 e. The Kier molecular flexibility index (Phi) is 4.56. The molecule has 130 valence electrons. The van der Waals surface area contributed by atoms with Gasteiger partial charge in [-0.2, -0.15) is 0 Å². The highest BCUT2D eigenvalue weighted by atomic mass is 79.9. The second-order valence-corrected chi connectivity index (χ2v) is 8.17. The minimum absolute atomic E-state index is 0.216. The molecule has 2 heterocycles. The second kappa shape index (κ2) is 6.68. The first-order chi connectivity index (χ1) is 11.7. The molecule has 0 radical (unpaired) electrons. The molecule has 1 aromatic rings. The lowest BCUT2D eigenvalue weighted by Crippen LogP contribution is -2.47. The fraction of sp³-hybridized carbons (Fsp3) is 0.632. The van der Waals surface area contributed by atoms with E-state index in [2.05, 4.69) is 57.8 Å². The highest BCUT2D eigenvalue weighted by Crippen LogP contribution is 2.50. The first kappa shape index (κ1) is 16.4. The fourth-order valence-electron chi connectivity index (χ4n) is 4.07. The van der Waals surface area contributed by atoms with Crippen LogP contribution in [0.3, 0.4) is 0 Å². The largest absolute Gasteiger partial charge is 0.373 e. The SMILES string of the molecule is CCNC(=NCC1(c2ccccc2Br)CC1)NC1CC2CCC1O2. The predicted molar refractivity (Wildman–Crippen MR) is 100 cm³/mol. The van der Waals surface area contributed by atoms with Crippen molar-refractivity contribution < 1.29 is 4.74 Å². The van der Waals surface area contributed by atoms with E-state index in [1.54, 1.807) is 0 Å². The van der Waals surface area contributed by atoms with Crippen molar-refractivity contribution in [2.24, 2.45) is 4.99 Å². The smallest absolute Gasteiger partial charge is 0.191 e. The van der Waals surface area contributed by atoms with Gasteiger partial charge in [0.25, 0.3) is 0 Å². The van der Waals surface area contributed by atoms with Gasteiger partial charge in [-0.3, -0.25) is 4.99 Å². The molecule has 5 heteroatoms. The Morgan fingerprint density at radius 3 is 2.79 bits per heavy atom. The van der Waals surface area contributed by atoms with Crippen LogP contribution in [0.5, 0.6) is 0 Å². The van der Waals surface area contributed by atoms with E-state index in [0.717, 1.165) is 25.5 Å². The topological polar surface area (TPSA) is 45.7 Å². The first-order valence-electron chi connectivity index (χ1n) is 9.15. The van der Waals surface area contributed by atoms with Gasteiger partial charge in [0.2, 0.25) is 0 Å². The molecule has 3 fully saturated rings. The molecule has 2 saturated heterocycles. The fourth-order valence-corrected chi connectivity index (χ4v) is 4.78. The Labute approximate surface area is 152 Å². The summed E-state index contributed by atoms with van der Waals surface area (Å²) in [6.07, 6.45) is 6.79. The molecule has 4 nitrogen and oxygen atoms in total. The molecule has 1 saturated carbocycles. The zero-order valence-corrected chi connectivity index (χ0v) is 15.8. The molecule has 1 aromatic carbocycles. The maximum absolute atomic E-state index is 5.96. The van der Waals surface area contributed by atoms with Crippen molar-refractivity contribution >= 4 is 21.9 Å². The van der Waals surface area contributed by atoms with Gasteiger partial charge in [-0.25, -0.2) is 0 Å². The Morgan fingerprint density at radius 2 is 2.17 bits per heavy atom. The van der Waals surface area contributed by atoms with Crippen molar-refractivity contribution in [3.63, 3.8) is 0 Å². The van der Waals surface area contributed by atoms with Crippen molar-refractivity contribution in [1.82, 2.24) is 10.6 Å². The number of hydrogen-bond donors (Lipinski definition) is 2. The van der Waals surface area contributed by atoms with Crippen molar-refractivity contribution in [3.8, 4) is 0 Å². The van der Waals surface area contributed by atoms with Crippen LogP contribution in [0.15, 0.2) is 33.7 Å². The van der Waals surface area contributed by atoms with Crippen LogP contribution in [0.1, 0.15) is 44.6 Å². The summed E-state index contributed by atoms with van der Waals surface area (Å²) in [5.41, 5.74) is 1.61. The molecule has 2 aliphatic heterocycles. The highest BCUT2D eigenvalue weighted by molar-refractivity contribution is 9.10. The lowest BCUT2D eigenvalue weighted by molar-refractivity contribution is 0.0992. The van der Waals surface area contributed by atoms with E-state index in [0.29, 0.717) is 18.2 Å². The Hall–Kier alpha value is -1.07. The van der Waals surface area contributed by atoms with Crippen molar-refractivity contribution in [2.45, 2.75) is 62.7 Å². The Bertz CT molecular complexity index is 629. The number of fused-ring (bicyclic) bond motifs is 2. The van der Waals surface area contributed by atoms with Gasteiger partial charge in [0.1, 0.15) is 0 Å². The number of nitrogens with zero attached hydrogens (tertiary/aromatic N) is 1. The van der Waals surface area contributed by atoms with Crippen LogP contribution >= 0.6 is 15.9 Å². The number of nitrogens with one attached hydrogen (secondary N) is 2. The molecule has 2 bridgehead atoms.